The fraction of sp³-hybridized carbons (Fsp3) is 0.291. The molecule has 4 aromatic carbocycles. The molecule has 3 aliphatic rings. The summed E-state index contributed by atoms with van der Waals surface area (Å²) in [5, 5.41) is 5.91. The quantitative estimate of drug-likeness (QED) is 0.0758. The molecule has 9 heterocycles. The summed E-state index contributed by atoms with van der Waals surface area (Å²) in [6, 6.07) is 36.1. The minimum Gasteiger partial charge on any atom is -0.444 e. The van der Waals surface area contributed by atoms with Crippen molar-refractivity contribution in [3.05, 3.63) is 258 Å². The zero-order valence-corrected chi connectivity index (χ0v) is 58.4. The van der Waals surface area contributed by atoms with Gasteiger partial charge in [0.05, 0.1) is 34.5 Å². The van der Waals surface area contributed by atoms with E-state index in [1.165, 1.54) is 76.1 Å². The van der Waals surface area contributed by atoms with E-state index in [0.717, 1.165) is 91.1 Å². The molecule has 1 aliphatic heterocycles. The monoisotopic (exact) mass is 1440 g/mol. The molecular weight excluding hydrogens is 1360 g/mol. The maximum absolute atomic E-state index is 14.6. The summed E-state index contributed by atoms with van der Waals surface area (Å²) in [5.74, 6) is -3.09. The number of hydrogen-bond acceptors (Lipinski definition) is 14. The first-order valence-electron chi connectivity index (χ1n) is 35.1. The predicted molar refractivity (Wildman–Crippen MR) is 389 cm³/mol. The van der Waals surface area contributed by atoms with Crippen LogP contribution < -0.4 is 33.1 Å². The topological polar surface area (TPSA) is 256 Å². The standard InChI is InChI=1S/C45H48F2N8O5.C34H26F2N6O4/c1-45(2,3)60-44(59)51(4)34-18-20-52(21-19-34)25-28-8-10-29(11-9-28)30-6-5-7-36(22-30)54-40-37(23-32(47)24-48-40)42(57)55(43(54)58)35-15-13-33(14-16-35)49-41(56)38-27-53-26-31(46)12-17-39(53)50-38;35-23-8-13-30-39-29(18-40(30)17-23)32(44)38-25-9-11-26(12-10-25)42-33(45)28-15-24(36)16-37-31(28)41(34(42)46)27-3-1-2-22(14-27)21-6-4-20(19-43)5-7-21/h5-12,17,22-24,26-27,33-35H,13-16,18-21,25H2,1-4H3,(H,49,56);1-8,13-19,25-26H,9-12H2,(H,38,44)/t33-,35+;25-,26+. The van der Waals surface area contributed by atoms with Gasteiger partial charge in [0.15, 0.2) is 11.3 Å². The van der Waals surface area contributed by atoms with Gasteiger partial charge in [-0.15, -0.1) is 0 Å². The average Bonchev–Trinajstić information content (AvgIpc) is 0.935. The van der Waals surface area contributed by atoms with Gasteiger partial charge in [-0.25, -0.2) is 61.0 Å². The summed E-state index contributed by atoms with van der Waals surface area (Å²) in [7, 11) is 1.81. The summed E-state index contributed by atoms with van der Waals surface area (Å²) in [6.07, 6.45) is 13.1. The number of carbonyl (C=O) groups excluding carboxylic acids is 4. The van der Waals surface area contributed by atoms with Gasteiger partial charge >= 0.3 is 17.5 Å². The lowest BCUT2D eigenvalue weighted by Gasteiger charge is -2.37. The molecule has 106 heavy (non-hydrogen) atoms. The van der Waals surface area contributed by atoms with Gasteiger partial charge in [0.2, 0.25) is 0 Å². The zero-order valence-electron chi connectivity index (χ0n) is 58.4. The first kappa shape index (κ1) is 71.0. The van der Waals surface area contributed by atoms with E-state index in [1.807, 2.05) is 64.2 Å². The number of fused-ring (bicyclic) bond motifs is 4. The van der Waals surface area contributed by atoms with Crippen LogP contribution in [-0.2, 0) is 11.3 Å². The van der Waals surface area contributed by atoms with Gasteiger partial charge in [-0.05, 0) is 173 Å². The molecule has 2 N–H and O–H groups in total. The number of halogens is 4. The molecule has 23 nitrogen and oxygen atoms in total. The fourth-order valence-electron chi connectivity index (χ4n) is 14.5. The number of ether oxygens (including phenoxy) is 1. The van der Waals surface area contributed by atoms with Gasteiger partial charge in [-0.2, -0.15) is 0 Å². The number of amides is 3. The number of imidazole rings is 2. The number of benzene rings is 4. The Balaban J connectivity index is 0.000000184. The van der Waals surface area contributed by atoms with E-state index in [2.05, 4.69) is 47.6 Å². The van der Waals surface area contributed by atoms with Crippen molar-refractivity contribution >= 4 is 57.6 Å². The Morgan fingerprint density at radius 1 is 0.538 bits per heavy atom. The molecule has 2 aliphatic carbocycles. The molecule has 0 unspecified atom stereocenters. The number of nitrogens with one attached hydrogen (secondary N) is 2. The summed E-state index contributed by atoms with van der Waals surface area (Å²) in [5.41, 5.74) is 4.26. The minimum absolute atomic E-state index is 0.0106. The van der Waals surface area contributed by atoms with Crippen LogP contribution in [0.4, 0.5) is 22.4 Å². The lowest BCUT2D eigenvalue weighted by atomic mass is 9.90. The first-order chi connectivity index (χ1) is 51.0. The van der Waals surface area contributed by atoms with Gasteiger partial charge < -0.3 is 29.1 Å². The molecule has 0 radical (unpaired) electrons. The maximum Gasteiger partial charge on any atom is 0.410 e. The molecule has 542 valence electrons. The van der Waals surface area contributed by atoms with Crippen molar-refractivity contribution in [1.29, 1.82) is 0 Å². The van der Waals surface area contributed by atoms with Crippen LogP contribution in [0.1, 0.15) is 134 Å². The van der Waals surface area contributed by atoms with Crippen molar-refractivity contribution in [1.82, 2.24) is 67.4 Å². The maximum atomic E-state index is 14.6. The van der Waals surface area contributed by atoms with Crippen LogP contribution in [0, 0.1) is 23.3 Å². The molecule has 3 amide bonds. The Labute approximate surface area is 603 Å². The molecular formula is C79H74F4N14O9. The Hall–Kier alpha value is -12.0. The van der Waals surface area contributed by atoms with Crippen LogP contribution in [0.2, 0.25) is 0 Å². The third-order valence-corrected chi connectivity index (χ3v) is 19.9. The molecule has 0 spiro atoms. The van der Waals surface area contributed by atoms with E-state index in [-0.39, 0.29) is 57.7 Å². The van der Waals surface area contributed by atoms with Gasteiger partial charge in [-0.1, -0.05) is 72.8 Å². The van der Waals surface area contributed by atoms with E-state index in [4.69, 9.17) is 4.74 Å². The number of hydrogen-bond donors (Lipinski definition) is 2. The Bertz CT molecular complexity index is 5650. The molecule has 0 bridgehead atoms. The third kappa shape index (κ3) is 15.0. The van der Waals surface area contributed by atoms with Crippen molar-refractivity contribution < 1.29 is 41.5 Å². The number of aldehydes is 1. The highest BCUT2D eigenvalue weighted by molar-refractivity contribution is 5.94. The summed E-state index contributed by atoms with van der Waals surface area (Å²) in [4.78, 5) is 127. The highest BCUT2D eigenvalue weighted by atomic mass is 19.1. The highest BCUT2D eigenvalue weighted by Gasteiger charge is 2.33. The molecule has 1 saturated heterocycles. The second-order valence-electron chi connectivity index (χ2n) is 28.2. The van der Waals surface area contributed by atoms with Crippen LogP contribution in [0.5, 0.6) is 0 Å². The van der Waals surface area contributed by atoms with Crippen molar-refractivity contribution in [3.8, 4) is 33.6 Å². The summed E-state index contributed by atoms with van der Waals surface area (Å²) in [6.45, 7) is 8.09. The van der Waals surface area contributed by atoms with Crippen LogP contribution >= 0.6 is 0 Å². The van der Waals surface area contributed by atoms with Gasteiger partial charge in [0.1, 0.15) is 57.8 Å². The predicted octanol–water partition coefficient (Wildman–Crippen LogP) is 11.8. The molecule has 12 aromatic rings. The van der Waals surface area contributed by atoms with Crippen molar-refractivity contribution in [2.24, 2.45) is 0 Å². The lowest BCUT2D eigenvalue weighted by molar-refractivity contribution is 0.0148. The van der Waals surface area contributed by atoms with E-state index < -0.39 is 75.3 Å². The molecule has 15 rings (SSSR count). The van der Waals surface area contributed by atoms with Crippen molar-refractivity contribution in [2.45, 2.75) is 127 Å². The van der Waals surface area contributed by atoms with Crippen LogP contribution in [0.3, 0.4) is 0 Å². The number of rotatable bonds is 14. The van der Waals surface area contributed by atoms with Gasteiger partial charge in [0.25, 0.3) is 22.9 Å². The molecule has 2 saturated carbocycles. The molecule has 3 fully saturated rings. The second-order valence-corrected chi connectivity index (χ2v) is 28.2. The fourth-order valence-corrected chi connectivity index (χ4v) is 14.5. The third-order valence-electron chi connectivity index (χ3n) is 19.9. The smallest absolute Gasteiger partial charge is 0.410 e. The number of nitrogens with zero attached hydrogens (tertiary/aromatic N) is 12. The second kappa shape index (κ2) is 29.6. The Morgan fingerprint density at radius 2 is 0.981 bits per heavy atom. The van der Waals surface area contributed by atoms with E-state index >= 15 is 0 Å². The lowest BCUT2D eigenvalue weighted by Crippen LogP contribution is -2.46. The molecule has 0 atom stereocenters. The number of pyridine rings is 4. The number of aromatic nitrogens is 10. The SMILES string of the molecule is CN(C(=O)OC(C)(C)C)C1CCN(Cc2ccc(-c3cccc(-n4c(=O)n([C@H]5CC[C@@H](NC(=O)c6cn7cc(F)ccc7n6)CC5)c(=O)c5cc(F)cnc54)c3)cc2)CC1.O=Cc1ccc(-c2cccc(-n3c(=O)n([C@H]4CC[C@@H](NC(=O)c5cn6cc(F)ccc6n5)CC4)c(=O)c4cc(F)cnc43)c2)cc1. The normalized spacial score (nSPS) is 17.2. The van der Waals surface area contributed by atoms with E-state index in [0.29, 0.717) is 79.6 Å². The van der Waals surface area contributed by atoms with Crippen LogP contribution in [0.15, 0.2) is 190 Å². The summed E-state index contributed by atoms with van der Waals surface area (Å²) < 4.78 is 69.8. The molecule has 27 heteroatoms. The number of carbonyl (C=O) groups is 4. The average molecular weight is 1440 g/mol. The van der Waals surface area contributed by atoms with Crippen LogP contribution in [0.25, 0.3) is 67.0 Å². The van der Waals surface area contributed by atoms with Gasteiger partial charge in [0, 0.05) is 87.2 Å². The highest BCUT2D eigenvalue weighted by Crippen LogP contribution is 2.32. The van der Waals surface area contributed by atoms with Gasteiger partial charge in [-0.3, -0.25) is 38.0 Å². The largest absolute Gasteiger partial charge is 0.444 e. The van der Waals surface area contributed by atoms with Crippen LogP contribution in [-0.4, -0.2) is 125 Å². The number of piperidine rings is 1. The Kier molecular flexibility index (Phi) is 19.8. The minimum atomic E-state index is -0.702. The first-order valence-corrected chi connectivity index (χ1v) is 35.1. The van der Waals surface area contributed by atoms with Crippen molar-refractivity contribution in [2.75, 3.05) is 20.1 Å². The van der Waals surface area contributed by atoms with E-state index in [9.17, 15) is 55.9 Å². The zero-order chi connectivity index (χ0) is 74.2. The number of likely N-dealkylation sites (tertiary alicyclic amines) is 1. The van der Waals surface area contributed by atoms with Crippen molar-refractivity contribution in [3.63, 3.8) is 0 Å². The molecule has 8 aromatic heterocycles. The Morgan fingerprint density at radius 3 is 1.42 bits per heavy atom. The van der Waals surface area contributed by atoms with E-state index in [1.54, 1.807) is 53.4 Å². The summed E-state index contributed by atoms with van der Waals surface area (Å²) >= 11 is 0.